The third-order valence-corrected chi connectivity index (χ3v) is 5.22. The smallest absolute Gasteiger partial charge is 0.109 e. The van der Waals surface area contributed by atoms with Crippen LogP contribution < -0.4 is 0 Å². The van der Waals surface area contributed by atoms with Crippen LogP contribution in [0.2, 0.25) is 0 Å². The van der Waals surface area contributed by atoms with Crippen LogP contribution in [-0.2, 0) is 13.0 Å². The monoisotopic (exact) mass is 236 g/mol. The molecular weight excluding hydrogens is 216 g/mol. The van der Waals surface area contributed by atoms with Gasteiger partial charge in [0.25, 0.3) is 0 Å². The van der Waals surface area contributed by atoms with Crippen molar-refractivity contribution >= 4 is 11.8 Å². The second-order valence-corrected chi connectivity index (χ2v) is 6.38. The molecule has 0 aliphatic carbocycles. The Morgan fingerprint density at radius 1 is 1.50 bits per heavy atom. The average molecular weight is 236 g/mol. The maximum atomic E-state index is 4.67. The topological polar surface area (TPSA) is 17.8 Å². The molecule has 3 rings (SSSR count). The van der Waals surface area contributed by atoms with Gasteiger partial charge < -0.3 is 4.57 Å². The van der Waals surface area contributed by atoms with Gasteiger partial charge in [0.15, 0.2) is 0 Å². The predicted octanol–water partition coefficient (Wildman–Crippen LogP) is 3.08. The zero-order valence-corrected chi connectivity index (χ0v) is 10.8. The Bertz CT molecular complexity index is 366. The molecule has 2 aliphatic heterocycles. The summed E-state index contributed by atoms with van der Waals surface area (Å²) in [5, 5.41) is 0. The van der Waals surface area contributed by atoms with Gasteiger partial charge in [-0.3, -0.25) is 0 Å². The van der Waals surface area contributed by atoms with Gasteiger partial charge >= 0.3 is 0 Å². The minimum absolute atomic E-state index is 0.716. The number of rotatable bonds is 2. The van der Waals surface area contributed by atoms with Crippen molar-refractivity contribution in [2.24, 2.45) is 5.92 Å². The molecule has 88 valence electrons. The van der Waals surface area contributed by atoms with Crippen LogP contribution in [0.15, 0.2) is 6.20 Å². The first-order chi connectivity index (χ1) is 7.84. The minimum atomic E-state index is 0.716. The van der Waals surface area contributed by atoms with E-state index in [1.165, 1.54) is 55.3 Å². The lowest BCUT2D eigenvalue weighted by atomic mass is 9.98. The van der Waals surface area contributed by atoms with E-state index in [2.05, 4.69) is 34.4 Å². The molecule has 1 aromatic heterocycles. The van der Waals surface area contributed by atoms with Gasteiger partial charge in [-0.2, -0.15) is 11.8 Å². The van der Waals surface area contributed by atoms with Crippen LogP contribution in [0, 0.1) is 5.92 Å². The zero-order valence-electron chi connectivity index (χ0n) is 9.98. The fraction of sp³-hybridized carbons (Fsp3) is 0.769. The Hall–Kier alpha value is -0.440. The molecule has 0 N–H and O–H groups in total. The van der Waals surface area contributed by atoms with E-state index < -0.39 is 0 Å². The Labute approximate surface area is 102 Å². The van der Waals surface area contributed by atoms with Gasteiger partial charge in [-0.15, -0.1) is 0 Å². The van der Waals surface area contributed by atoms with Crippen LogP contribution >= 0.6 is 11.8 Å². The second kappa shape index (κ2) is 4.44. The summed E-state index contributed by atoms with van der Waals surface area (Å²) < 4.78 is 2.50. The first kappa shape index (κ1) is 10.7. The van der Waals surface area contributed by atoms with Crippen LogP contribution in [0.5, 0.6) is 0 Å². The van der Waals surface area contributed by atoms with Crippen molar-refractivity contribution < 1.29 is 0 Å². The van der Waals surface area contributed by atoms with Crippen LogP contribution in [0.4, 0.5) is 0 Å². The van der Waals surface area contributed by atoms with Gasteiger partial charge in [-0.05, 0) is 42.6 Å². The summed E-state index contributed by atoms with van der Waals surface area (Å²) in [7, 11) is 0. The molecule has 3 heteroatoms. The maximum Gasteiger partial charge on any atom is 0.109 e. The number of hydrogen-bond acceptors (Lipinski definition) is 2. The highest BCUT2D eigenvalue weighted by Crippen LogP contribution is 2.30. The van der Waals surface area contributed by atoms with E-state index in [0.717, 1.165) is 5.92 Å². The van der Waals surface area contributed by atoms with E-state index in [4.69, 9.17) is 0 Å². The molecule has 0 aromatic carbocycles. The SMILES string of the molecule is CC1CCCn2c1cnc2CC1CCSC1. The lowest BCUT2D eigenvalue weighted by Crippen LogP contribution is -2.17. The Balaban J connectivity index is 1.79. The molecule has 2 atom stereocenters. The summed E-state index contributed by atoms with van der Waals surface area (Å²) >= 11 is 2.10. The highest BCUT2D eigenvalue weighted by atomic mass is 32.2. The standard InChI is InChI=1S/C13H20N2S/c1-10-3-2-5-15-12(10)8-14-13(15)7-11-4-6-16-9-11/h8,10-11H,2-7,9H2,1H3. The summed E-state index contributed by atoms with van der Waals surface area (Å²) in [6.07, 6.45) is 7.39. The van der Waals surface area contributed by atoms with Crippen LogP contribution in [0.1, 0.15) is 43.6 Å². The largest absolute Gasteiger partial charge is 0.332 e. The second-order valence-electron chi connectivity index (χ2n) is 5.23. The molecule has 2 aliphatic rings. The van der Waals surface area contributed by atoms with Gasteiger partial charge in [-0.25, -0.2) is 4.98 Å². The Morgan fingerprint density at radius 2 is 2.44 bits per heavy atom. The van der Waals surface area contributed by atoms with Crippen molar-refractivity contribution in [3.8, 4) is 0 Å². The zero-order chi connectivity index (χ0) is 11.0. The van der Waals surface area contributed by atoms with Crippen molar-refractivity contribution in [3.05, 3.63) is 17.7 Å². The summed E-state index contributed by atoms with van der Waals surface area (Å²) in [6.45, 7) is 3.54. The average Bonchev–Trinajstić information content (AvgIpc) is 2.90. The van der Waals surface area contributed by atoms with Crippen LogP contribution in [0.3, 0.4) is 0 Å². The van der Waals surface area contributed by atoms with Crippen molar-refractivity contribution in [1.82, 2.24) is 9.55 Å². The summed E-state index contributed by atoms with van der Waals surface area (Å²) in [5.74, 6) is 5.66. The first-order valence-corrected chi connectivity index (χ1v) is 7.62. The van der Waals surface area contributed by atoms with Gasteiger partial charge in [0.1, 0.15) is 5.82 Å². The first-order valence-electron chi connectivity index (χ1n) is 6.46. The fourth-order valence-electron chi connectivity index (χ4n) is 2.95. The molecule has 0 radical (unpaired) electrons. The summed E-state index contributed by atoms with van der Waals surface area (Å²) in [6, 6.07) is 0. The quantitative estimate of drug-likeness (QED) is 0.785. The Kier molecular flexibility index (Phi) is 2.97. The molecule has 0 spiro atoms. The molecule has 2 unspecified atom stereocenters. The van der Waals surface area contributed by atoms with E-state index in [9.17, 15) is 0 Å². The number of aromatic nitrogens is 2. The highest BCUT2D eigenvalue weighted by Gasteiger charge is 2.23. The summed E-state index contributed by atoms with van der Waals surface area (Å²) in [4.78, 5) is 4.67. The van der Waals surface area contributed by atoms with Gasteiger partial charge in [0, 0.05) is 24.9 Å². The van der Waals surface area contributed by atoms with Gasteiger partial charge in [-0.1, -0.05) is 6.92 Å². The number of hydrogen-bond donors (Lipinski definition) is 0. The third kappa shape index (κ3) is 1.90. The molecule has 0 saturated carbocycles. The lowest BCUT2D eigenvalue weighted by Gasteiger charge is -2.22. The predicted molar refractivity (Wildman–Crippen MR) is 69.0 cm³/mol. The van der Waals surface area contributed by atoms with E-state index in [0.29, 0.717) is 5.92 Å². The van der Waals surface area contributed by atoms with Gasteiger partial charge in [0.2, 0.25) is 0 Å². The number of fused-ring (bicyclic) bond motifs is 1. The fourth-order valence-corrected chi connectivity index (χ4v) is 4.23. The van der Waals surface area contributed by atoms with Crippen molar-refractivity contribution in [3.63, 3.8) is 0 Å². The molecule has 1 aromatic rings. The van der Waals surface area contributed by atoms with Crippen LogP contribution in [-0.4, -0.2) is 21.1 Å². The Morgan fingerprint density at radius 3 is 3.25 bits per heavy atom. The minimum Gasteiger partial charge on any atom is -0.332 e. The van der Waals surface area contributed by atoms with E-state index in [1.807, 2.05) is 0 Å². The van der Waals surface area contributed by atoms with Gasteiger partial charge in [0.05, 0.1) is 0 Å². The molecule has 0 bridgehead atoms. The van der Waals surface area contributed by atoms with Crippen molar-refractivity contribution in [2.45, 2.75) is 45.1 Å². The highest BCUT2D eigenvalue weighted by molar-refractivity contribution is 7.99. The molecule has 1 saturated heterocycles. The number of nitrogens with zero attached hydrogens (tertiary/aromatic N) is 2. The van der Waals surface area contributed by atoms with E-state index in [1.54, 1.807) is 0 Å². The van der Waals surface area contributed by atoms with Crippen molar-refractivity contribution in [1.29, 1.82) is 0 Å². The van der Waals surface area contributed by atoms with E-state index >= 15 is 0 Å². The molecule has 3 heterocycles. The molecule has 1 fully saturated rings. The van der Waals surface area contributed by atoms with Crippen LogP contribution in [0.25, 0.3) is 0 Å². The molecular formula is C13H20N2S. The maximum absolute atomic E-state index is 4.67. The number of thioether (sulfide) groups is 1. The van der Waals surface area contributed by atoms with E-state index in [-0.39, 0.29) is 0 Å². The summed E-state index contributed by atoms with van der Waals surface area (Å²) in [5.41, 5.74) is 1.48. The normalized spacial score (nSPS) is 29.3. The molecule has 16 heavy (non-hydrogen) atoms. The van der Waals surface area contributed by atoms with Crippen molar-refractivity contribution in [2.75, 3.05) is 11.5 Å². The molecule has 2 nitrogen and oxygen atoms in total. The lowest BCUT2D eigenvalue weighted by molar-refractivity contribution is 0.450. The third-order valence-electron chi connectivity index (χ3n) is 3.99. The molecule has 0 amide bonds. The number of imidazole rings is 1.